The van der Waals surface area contributed by atoms with Crippen molar-refractivity contribution in [3.63, 3.8) is 0 Å². The van der Waals surface area contributed by atoms with E-state index in [4.69, 9.17) is 4.52 Å². The maximum Gasteiger partial charge on any atom is 0.239 e. The smallest absolute Gasteiger partial charge is 0.239 e. The minimum absolute atomic E-state index is 0.0652. The van der Waals surface area contributed by atoms with E-state index in [1.807, 2.05) is 19.9 Å². The van der Waals surface area contributed by atoms with Crippen LogP contribution in [0.1, 0.15) is 29.7 Å². The van der Waals surface area contributed by atoms with Gasteiger partial charge < -0.3 is 4.52 Å². The lowest BCUT2D eigenvalue weighted by atomic mass is 10.4. The van der Waals surface area contributed by atoms with Crippen LogP contribution in [0.25, 0.3) is 0 Å². The second-order valence-corrected chi connectivity index (χ2v) is 6.92. The molecule has 2 atom stereocenters. The third-order valence-electron chi connectivity index (χ3n) is 2.60. The highest BCUT2D eigenvalue weighted by Crippen LogP contribution is 2.34. The number of anilines is 1. The number of carbonyl (C=O) groups excluding carboxylic acids is 1. The third kappa shape index (κ3) is 3.84. The summed E-state index contributed by atoms with van der Waals surface area (Å²) < 4.78 is 4.97. The maximum absolute atomic E-state index is 12.0. The lowest BCUT2D eigenvalue weighted by Crippen LogP contribution is -2.22. The van der Waals surface area contributed by atoms with Crippen LogP contribution in [0.15, 0.2) is 28.1 Å². The number of hydrogen-bond donors (Lipinski definition) is 1. The Kier molecular flexibility index (Phi) is 4.66. The molecule has 0 aliphatic carbocycles. The molecule has 0 bridgehead atoms. The first kappa shape index (κ1) is 14.1. The predicted molar refractivity (Wildman–Crippen MR) is 79.7 cm³/mol. The molecule has 0 aliphatic rings. The summed E-state index contributed by atoms with van der Waals surface area (Å²) in [5.41, 5.74) is 0.752. The van der Waals surface area contributed by atoms with E-state index in [-0.39, 0.29) is 11.2 Å². The minimum atomic E-state index is -0.150. The fourth-order valence-electron chi connectivity index (χ4n) is 1.60. The van der Waals surface area contributed by atoms with Crippen molar-refractivity contribution < 1.29 is 9.32 Å². The van der Waals surface area contributed by atoms with Crippen molar-refractivity contribution in [3.05, 3.63) is 34.2 Å². The monoisotopic (exact) mass is 296 g/mol. The normalized spacial score (nSPS) is 14.1. The number of rotatable bonds is 5. The van der Waals surface area contributed by atoms with Gasteiger partial charge in [-0.1, -0.05) is 11.2 Å². The molecule has 4 nitrogen and oxygen atoms in total. The molecule has 2 aromatic rings. The van der Waals surface area contributed by atoms with Gasteiger partial charge in [0.15, 0.2) is 0 Å². The molecule has 0 saturated heterocycles. The molecule has 0 saturated carbocycles. The van der Waals surface area contributed by atoms with Crippen LogP contribution >= 0.6 is 23.1 Å². The van der Waals surface area contributed by atoms with Gasteiger partial charge in [-0.25, -0.2) is 0 Å². The number of amides is 1. The Bertz CT molecular complexity index is 537. The van der Waals surface area contributed by atoms with E-state index in [2.05, 4.69) is 28.8 Å². The summed E-state index contributed by atoms with van der Waals surface area (Å²) in [4.78, 5) is 13.3. The quantitative estimate of drug-likeness (QED) is 0.910. The Hall–Kier alpha value is -1.27. The number of aromatic nitrogens is 1. The highest BCUT2D eigenvalue weighted by atomic mass is 32.2. The van der Waals surface area contributed by atoms with Gasteiger partial charge in [0, 0.05) is 16.2 Å². The zero-order chi connectivity index (χ0) is 13.8. The standard InChI is InChI=1S/C13H16N2O2S2/c1-8-7-12(17-15-8)14-13(16)10(3)19-9(2)11-5-4-6-18-11/h4-7,9-10H,1-3H3,(H,14,16)/t9-,10+/m1/s1. The molecule has 1 N–H and O–H groups in total. The number of thiophene rings is 1. The summed E-state index contributed by atoms with van der Waals surface area (Å²) in [6.07, 6.45) is 0. The number of nitrogens with one attached hydrogen (secondary N) is 1. The van der Waals surface area contributed by atoms with E-state index in [1.54, 1.807) is 29.2 Å². The molecule has 0 fully saturated rings. The Morgan fingerprint density at radius 2 is 2.32 bits per heavy atom. The number of hydrogen-bond acceptors (Lipinski definition) is 5. The summed E-state index contributed by atoms with van der Waals surface area (Å²) in [6, 6.07) is 5.82. The van der Waals surface area contributed by atoms with E-state index in [0.29, 0.717) is 11.1 Å². The van der Waals surface area contributed by atoms with E-state index in [0.717, 1.165) is 5.69 Å². The van der Waals surface area contributed by atoms with E-state index in [9.17, 15) is 4.79 Å². The van der Waals surface area contributed by atoms with E-state index >= 15 is 0 Å². The molecule has 0 aromatic carbocycles. The average molecular weight is 296 g/mol. The fraction of sp³-hybridized carbons (Fsp3) is 0.385. The minimum Gasteiger partial charge on any atom is -0.338 e. The van der Waals surface area contributed by atoms with Gasteiger partial charge in [0.2, 0.25) is 11.8 Å². The number of carbonyl (C=O) groups is 1. The number of nitrogens with zero attached hydrogens (tertiary/aromatic N) is 1. The summed E-state index contributed by atoms with van der Waals surface area (Å²) in [5.74, 6) is 0.336. The lowest BCUT2D eigenvalue weighted by Gasteiger charge is -2.15. The SMILES string of the molecule is Cc1cc(NC(=O)[C@H](C)S[C@H](C)c2cccs2)on1. The van der Waals surface area contributed by atoms with Crippen LogP contribution in [-0.4, -0.2) is 16.3 Å². The Balaban J connectivity index is 1.89. The molecule has 0 spiro atoms. The largest absolute Gasteiger partial charge is 0.338 e. The van der Waals surface area contributed by atoms with Crippen LogP contribution in [0.4, 0.5) is 5.88 Å². The molecule has 2 heterocycles. The van der Waals surface area contributed by atoms with Crippen molar-refractivity contribution in [1.29, 1.82) is 0 Å². The molecular formula is C13H16N2O2S2. The second kappa shape index (κ2) is 6.25. The number of thioether (sulfide) groups is 1. The first-order valence-corrected chi connectivity index (χ1v) is 7.81. The van der Waals surface area contributed by atoms with Crippen LogP contribution < -0.4 is 5.32 Å². The van der Waals surface area contributed by atoms with Crippen LogP contribution in [0.3, 0.4) is 0 Å². The van der Waals surface area contributed by atoms with Gasteiger partial charge in [-0.3, -0.25) is 10.1 Å². The Morgan fingerprint density at radius 1 is 1.53 bits per heavy atom. The molecule has 1 amide bonds. The van der Waals surface area contributed by atoms with Crippen molar-refractivity contribution in [2.24, 2.45) is 0 Å². The fourth-order valence-corrected chi connectivity index (χ4v) is 3.61. The van der Waals surface area contributed by atoms with Crippen LogP contribution in [-0.2, 0) is 4.79 Å². The van der Waals surface area contributed by atoms with Gasteiger partial charge in [-0.2, -0.15) is 0 Å². The molecule has 0 radical (unpaired) electrons. The van der Waals surface area contributed by atoms with Gasteiger partial charge in [-0.05, 0) is 32.2 Å². The third-order valence-corrected chi connectivity index (χ3v) is 5.08. The van der Waals surface area contributed by atoms with Crippen molar-refractivity contribution in [3.8, 4) is 0 Å². The van der Waals surface area contributed by atoms with Crippen LogP contribution in [0.5, 0.6) is 0 Å². The molecular weight excluding hydrogens is 280 g/mol. The maximum atomic E-state index is 12.0. The van der Waals surface area contributed by atoms with E-state index < -0.39 is 0 Å². The molecule has 2 aromatic heterocycles. The zero-order valence-electron chi connectivity index (χ0n) is 11.0. The van der Waals surface area contributed by atoms with Crippen molar-refractivity contribution in [1.82, 2.24) is 5.16 Å². The van der Waals surface area contributed by atoms with Crippen LogP contribution in [0, 0.1) is 6.92 Å². The first-order chi connectivity index (χ1) is 9.06. The van der Waals surface area contributed by atoms with Crippen LogP contribution in [0.2, 0.25) is 0 Å². The Labute approximate surface area is 120 Å². The Morgan fingerprint density at radius 3 is 2.89 bits per heavy atom. The topological polar surface area (TPSA) is 55.1 Å². The van der Waals surface area contributed by atoms with Gasteiger partial charge in [-0.15, -0.1) is 23.1 Å². The van der Waals surface area contributed by atoms with Crippen molar-refractivity contribution in [2.45, 2.75) is 31.3 Å². The van der Waals surface area contributed by atoms with E-state index in [1.165, 1.54) is 4.88 Å². The first-order valence-electron chi connectivity index (χ1n) is 5.99. The van der Waals surface area contributed by atoms with Crippen molar-refractivity contribution in [2.75, 3.05) is 5.32 Å². The molecule has 0 unspecified atom stereocenters. The van der Waals surface area contributed by atoms with Crippen molar-refractivity contribution >= 4 is 34.9 Å². The molecule has 102 valence electrons. The molecule has 0 aliphatic heterocycles. The second-order valence-electron chi connectivity index (χ2n) is 4.26. The molecule has 2 rings (SSSR count). The zero-order valence-corrected chi connectivity index (χ0v) is 12.7. The molecule has 19 heavy (non-hydrogen) atoms. The average Bonchev–Trinajstić information content (AvgIpc) is 3.00. The number of aryl methyl sites for hydroxylation is 1. The lowest BCUT2D eigenvalue weighted by molar-refractivity contribution is -0.115. The van der Waals surface area contributed by atoms with Gasteiger partial charge >= 0.3 is 0 Å². The van der Waals surface area contributed by atoms with Gasteiger partial charge in [0.05, 0.1) is 10.9 Å². The predicted octanol–water partition coefficient (Wildman–Crippen LogP) is 3.87. The summed E-state index contributed by atoms with van der Waals surface area (Å²) in [5, 5.41) is 8.67. The summed E-state index contributed by atoms with van der Waals surface area (Å²) in [7, 11) is 0. The summed E-state index contributed by atoms with van der Waals surface area (Å²) >= 11 is 3.34. The van der Waals surface area contributed by atoms with Gasteiger partial charge in [0.1, 0.15) is 0 Å². The summed E-state index contributed by atoms with van der Waals surface area (Å²) in [6.45, 7) is 5.82. The highest BCUT2D eigenvalue weighted by molar-refractivity contribution is 8.00. The van der Waals surface area contributed by atoms with Gasteiger partial charge in [0.25, 0.3) is 0 Å². The molecule has 6 heteroatoms. The highest BCUT2D eigenvalue weighted by Gasteiger charge is 2.19.